The summed E-state index contributed by atoms with van der Waals surface area (Å²) in [6.07, 6.45) is 0. The van der Waals surface area contributed by atoms with E-state index < -0.39 is 0 Å². The van der Waals surface area contributed by atoms with Crippen molar-refractivity contribution in [3.8, 4) is 0 Å². The molecule has 1 aromatic rings. The van der Waals surface area contributed by atoms with Gasteiger partial charge in [-0.1, -0.05) is 0 Å². The lowest BCUT2D eigenvalue weighted by Crippen LogP contribution is -2.45. The van der Waals surface area contributed by atoms with Gasteiger partial charge in [0, 0.05) is 26.7 Å². The monoisotopic (exact) mass is 438 g/mol. The van der Waals surface area contributed by atoms with Gasteiger partial charge in [0.2, 0.25) is 5.91 Å². The Bertz CT molecular complexity index is 446. The molecule has 1 N–H and O–H groups in total. The molecule has 0 fully saturated rings. The Morgan fingerprint density at radius 3 is 2.50 bits per heavy atom. The second-order valence-electron chi connectivity index (χ2n) is 4.72. The molecule has 0 saturated heterocycles. The van der Waals surface area contributed by atoms with Crippen LogP contribution in [-0.2, 0) is 11.3 Å². The molecule has 0 saturated carbocycles. The Kier molecular flexibility index (Phi) is 11.3. The van der Waals surface area contributed by atoms with Crippen LogP contribution >= 0.6 is 35.3 Å². The molecule has 126 valence electrons. The molecule has 0 radical (unpaired) electrons. The topological polar surface area (TPSA) is 47.9 Å². The highest BCUT2D eigenvalue weighted by Crippen LogP contribution is 2.07. The van der Waals surface area contributed by atoms with Crippen molar-refractivity contribution in [2.45, 2.75) is 27.3 Å². The van der Waals surface area contributed by atoms with Gasteiger partial charge < -0.3 is 15.1 Å². The molecule has 1 aromatic heterocycles. The molecule has 5 nitrogen and oxygen atoms in total. The third-order valence-electron chi connectivity index (χ3n) is 3.18. The Morgan fingerprint density at radius 2 is 2.00 bits per heavy atom. The normalized spacial score (nSPS) is 10.8. The van der Waals surface area contributed by atoms with Crippen molar-refractivity contribution in [1.82, 2.24) is 15.1 Å². The van der Waals surface area contributed by atoms with Crippen LogP contribution in [0.15, 0.2) is 21.8 Å². The van der Waals surface area contributed by atoms with Crippen LogP contribution in [0, 0.1) is 0 Å². The van der Waals surface area contributed by atoms with E-state index in [4.69, 9.17) is 0 Å². The Morgan fingerprint density at radius 1 is 1.32 bits per heavy atom. The zero-order valence-corrected chi connectivity index (χ0v) is 17.0. The fourth-order valence-electron chi connectivity index (χ4n) is 1.97. The average Bonchev–Trinajstić information content (AvgIpc) is 2.97. The number of rotatable bonds is 7. The molecule has 0 spiro atoms. The van der Waals surface area contributed by atoms with Gasteiger partial charge in [0.15, 0.2) is 5.96 Å². The number of amides is 1. The molecular weight excluding hydrogens is 411 g/mol. The van der Waals surface area contributed by atoms with Crippen molar-refractivity contribution < 1.29 is 4.79 Å². The first-order valence-corrected chi connectivity index (χ1v) is 8.34. The van der Waals surface area contributed by atoms with Gasteiger partial charge in [0.1, 0.15) is 0 Å². The maximum atomic E-state index is 12.2. The molecule has 0 aliphatic carbocycles. The summed E-state index contributed by atoms with van der Waals surface area (Å²) in [7, 11) is 1.90. The molecule has 7 heteroatoms. The van der Waals surface area contributed by atoms with Crippen LogP contribution in [0.1, 0.15) is 26.3 Å². The summed E-state index contributed by atoms with van der Waals surface area (Å²) in [5.41, 5.74) is 1.19. The molecule has 0 aromatic carbocycles. The summed E-state index contributed by atoms with van der Waals surface area (Å²) in [6, 6.07) is 2.07. The zero-order chi connectivity index (χ0) is 15.7. The Labute approximate surface area is 154 Å². The van der Waals surface area contributed by atoms with Crippen LogP contribution in [0.4, 0.5) is 0 Å². The number of nitrogens with one attached hydrogen (secondary N) is 1. The smallest absolute Gasteiger partial charge is 0.242 e. The molecule has 0 unspecified atom stereocenters. The van der Waals surface area contributed by atoms with Crippen LogP contribution in [0.2, 0.25) is 0 Å². The van der Waals surface area contributed by atoms with Gasteiger partial charge in [-0.15, -0.1) is 24.0 Å². The fraction of sp³-hybridized carbons (Fsp3) is 0.600. The number of carbonyl (C=O) groups is 1. The molecular formula is C15H27IN4OS. The van der Waals surface area contributed by atoms with Crippen LogP contribution in [-0.4, -0.2) is 54.9 Å². The van der Waals surface area contributed by atoms with Crippen LogP contribution in [0.5, 0.6) is 0 Å². The summed E-state index contributed by atoms with van der Waals surface area (Å²) in [6.45, 7) is 9.27. The number of thiophene rings is 1. The van der Waals surface area contributed by atoms with Crippen LogP contribution in [0.25, 0.3) is 0 Å². The zero-order valence-electron chi connectivity index (χ0n) is 13.8. The fourth-order valence-corrected chi connectivity index (χ4v) is 2.63. The summed E-state index contributed by atoms with van der Waals surface area (Å²) in [5.74, 6) is 0.896. The van der Waals surface area contributed by atoms with Crippen LogP contribution < -0.4 is 5.32 Å². The van der Waals surface area contributed by atoms with Gasteiger partial charge >= 0.3 is 0 Å². The third kappa shape index (κ3) is 6.95. The SMILES string of the molecule is CCNC(=NCc1ccsc1)N(C)CC(=O)N(CC)CC.I. The lowest BCUT2D eigenvalue weighted by molar-refractivity contribution is -0.131. The van der Waals surface area contributed by atoms with E-state index in [-0.39, 0.29) is 29.9 Å². The first kappa shape index (κ1) is 21.2. The molecule has 0 bridgehead atoms. The van der Waals surface area contributed by atoms with E-state index >= 15 is 0 Å². The second-order valence-corrected chi connectivity index (χ2v) is 5.50. The van der Waals surface area contributed by atoms with E-state index in [1.54, 1.807) is 11.3 Å². The Hall–Kier alpha value is -0.830. The van der Waals surface area contributed by atoms with Crippen molar-refractivity contribution in [3.63, 3.8) is 0 Å². The van der Waals surface area contributed by atoms with Gasteiger partial charge in [-0.3, -0.25) is 4.79 Å². The van der Waals surface area contributed by atoms with Crippen molar-refractivity contribution in [1.29, 1.82) is 0 Å². The number of likely N-dealkylation sites (N-methyl/N-ethyl adjacent to an activating group) is 2. The van der Waals surface area contributed by atoms with E-state index in [2.05, 4.69) is 21.8 Å². The Balaban J connectivity index is 0.00000441. The van der Waals surface area contributed by atoms with Gasteiger partial charge in [-0.05, 0) is 43.2 Å². The molecule has 0 aliphatic heterocycles. The number of guanidine groups is 1. The van der Waals surface area contributed by atoms with Gasteiger partial charge in [-0.2, -0.15) is 11.3 Å². The molecule has 1 amide bonds. The minimum Gasteiger partial charge on any atom is -0.357 e. The quantitative estimate of drug-likeness (QED) is 0.405. The highest BCUT2D eigenvalue weighted by atomic mass is 127. The predicted molar refractivity (Wildman–Crippen MR) is 105 cm³/mol. The minimum atomic E-state index is 0. The van der Waals surface area contributed by atoms with E-state index in [0.717, 1.165) is 25.6 Å². The number of nitrogens with zero attached hydrogens (tertiary/aromatic N) is 3. The summed E-state index contributed by atoms with van der Waals surface area (Å²) < 4.78 is 0. The van der Waals surface area contributed by atoms with Crippen molar-refractivity contribution in [2.75, 3.05) is 33.2 Å². The average molecular weight is 438 g/mol. The third-order valence-corrected chi connectivity index (χ3v) is 3.91. The van der Waals surface area contributed by atoms with E-state index in [1.807, 2.05) is 43.0 Å². The highest BCUT2D eigenvalue weighted by Gasteiger charge is 2.14. The van der Waals surface area contributed by atoms with Gasteiger partial charge in [0.25, 0.3) is 0 Å². The van der Waals surface area contributed by atoms with Crippen molar-refractivity contribution >= 4 is 47.2 Å². The number of hydrogen-bond acceptors (Lipinski definition) is 3. The lowest BCUT2D eigenvalue weighted by Gasteiger charge is -2.25. The van der Waals surface area contributed by atoms with Crippen molar-refractivity contribution in [2.24, 2.45) is 4.99 Å². The van der Waals surface area contributed by atoms with E-state index in [0.29, 0.717) is 13.1 Å². The first-order valence-electron chi connectivity index (χ1n) is 7.40. The van der Waals surface area contributed by atoms with Crippen LogP contribution in [0.3, 0.4) is 0 Å². The maximum Gasteiger partial charge on any atom is 0.242 e. The number of hydrogen-bond donors (Lipinski definition) is 1. The largest absolute Gasteiger partial charge is 0.357 e. The molecule has 0 atom stereocenters. The van der Waals surface area contributed by atoms with E-state index in [1.165, 1.54) is 5.56 Å². The molecule has 0 aliphatic rings. The van der Waals surface area contributed by atoms with E-state index in [9.17, 15) is 4.79 Å². The molecule has 1 heterocycles. The maximum absolute atomic E-state index is 12.2. The first-order chi connectivity index (χ1) is 10.1. The van der Waals surface area contributed by atoms with Crippen molar-refractivity contribution in [3.05, 3.63) is 22.4 Å². The highest BCUT2D eigenvalue weighted by molar-refractivity contribution is 14.0. The molecule has 1 rings (SSSR count). The minimum absolute atomic E-state index is 0. The van der Waals surface area contributed by atoms with Gasteiger partial charge in [-0.25, -0.2) is 4.99 Å². The standard InChI is InChI=1S/C15H26N4OS.HI/c1-5-16-15(17-10-13-8-9-21-12-13)18(4)11-14(20)19(6-2)7-3;/h8-9,12H,5-7,10-11H2,1-4H3,(H,16,17);1H. The predicted octanol–water partition coefficient (Wildman–Crippen LogP) is 2.63. The molecule has 22 heavy (non-hydrogen) atoms. The summed E-state index contributed by atoms with van der Waals surface area (Å²) >= 11 is 1.67. The lowest BCUT2D eigenvalue weighted by atomic mass is 10.3. The number of halogens is 1. The van der Waals surface area contributed by atoms with Gasteiger partial charge in [0.05, 0.1) is 13.1 Å². The number of aliphatic imine (C=N–C) groups is 1. The number of carbonyl (C=O) groups excluding carboxylic acids is 1. The second kappa shape index (κ2) is 11.7. The summed E-state index contributed by atoms with van der Waals surface area (Å²) in [5, 5.41) is 7.37. The summed E-state index contributed by atoms with van der Waals surface area (Å²) in [4.78, 5) is 20.5.